The van der Waals surface area contributed by atoms with Gasteiger partial charge in [-0.1, -0.05) is 40.5 Å². The van der Waals surface area contributed by atoms with Crippen molar-refractivity contribution in [2.24, 2.45) is 11.7 Å². The number of carbonyl (C=O) groups is 1. The Morgan fingerprint density at radius 2 is 1.80 bits per heavy atom. The second-order valence-electron chi connectivity index (χ2n) is 11.1. The van der Waals surface area contributed by atoms with E-state index in [4.69, 9.17) is 38.2 Å². The highest BCUT2D eigenvalue weighted by molar-refractivity contribution is 6.39. The molecule has 1 aromatic carbocycles. The molecule has 4 aromatic rings. The molecule has 0 bridgehead atoms. The van der Waals surface area contributed by atoms with Crippen molar-refractivity contribution in [1.82, 2.24) is 15.1 Å². The van der Waals surface area contributed by atoms with E-state index in [1.165, 1.54) is 0 Å². The van der Waals surface area contributed by atoms with Gasteiger partial charge in [0.15, 0.2) is 0 Å². The molecule has 0 atom stereocenters. The van der Waals surface area contributed by atoms with Gasteiger partial charge in [0.2, 0.25) is 0 Å². The molecule has 3 aliphatic rings. The molecule has 210 valence electrons. The maximum atomic E-state index is 11.8. The minimum Gasteiger partial charge on any atom is -0.490 e. The minimum atomic E-state index is -0.554. The van der Waals surface area contributed by atoms with Crippen LogP contribution in [-0.2, 0) is 0 Å². The molecule has 8 nitrogen and oxygen atoms in total. The van der Waals surface area contributed by atoms with Gasteiger partial charge in [0.25, 0.3) is 5.91 Å². The predicted molar refractivity (Wildman–Crippen MR) is 160 cm³/mol. The van der Waals surface area contributed by atoms with Crippen LogP contribution in [0.25, 0.3) is 28.2 Å². The van der Waals surface area contributed by atoms with Crippen molar-refractivity contribution in [2.45, 2.75) is 50.5 Å². The molecule has 7 rings (SSSR count). The first-order valence-corrected chi connectivity index (χ1v) is 14.8. The number of pyridine rings is 2. The standard InChI is InChI=1S/C31H29Cl2N5O3/c32-23-15-35-16-24(33)28(23)29-21(30(41-37-29)18-2-3-18)7-1-17-9-11-38(12-10-17)19-4-8-25-22(13-19)27(40-20-5-6-20)14-26(36-25)31(34)39/h1,4,7-8,13-18,20H,2-3,5-6,9-12H2,(H2,34,39)/b7-1+. The Morgan fingerprint density at radius 1 is 1.05 bits per heavy atom. The molecule has 41 heavy (non-hydrogen) atoms. The lowest BCUT2D eigenvalue weighted by atomic mass is 9.94. The van der Waals surface area contributed by atoms with Crippen LogP contribution < -0.4 is 15.4 Å². The molecule has 0 spiro atoms. The smallest absolute Gasteiger partial charge is 0.267 e. The Labute approximate surface area is 247 Å². The summed E-state index contributed by atoms with van der Waals surface area (Å²) in [6.45, 7) is 1.83. The van der Waals surface area contributed by atoms with E-state index >= 15 is 0 Å². The molecule has 1 amide bonds. The third kappa shape index (κ3) is 5.38. The number of anilines is 1. The molecule has 3 fully saturated rings. The highest BCUT2D eigenvalue weighted by Crippen LogP contribution is 2.46. The summed E-state index contributed by atoms with van der Waals surface area (Å²) in [4.78, 5) is 22.7. The molecule has 0 unspecified atom stereocenters. The van der Waals surface area contributed by atoms with E-state index in [0.29, 0.717) is 44.4 Å². The average Bonchev–Trinajstić information content (AvgIpc) is 3.91. The Bertz CT molecular complexity index is 1650. The van der Waals surface area contributed by atoms with Crippen molar-refractivity contribution in [2.75, 3.05) is 18.0 Å². The van der Waals surface area contributed by atoms with Gasteiger partial charge in [0, 0.05) is 59.7 Å². The zero-order valence-electron chi connectivity index (χ0n) is 22.4. The Kier molecular flexibility index (Phi) is 6.83. The summed E-state index contributed by atoms with van der Waals surface area (Å²) in [5.41, 5.74) is 9.87. The largest absolute Gasteiger partial charge is 0.490 e. The van der Waals surface area contributed by atoms with E-state index in [-0.39, 0.29) is 11.8 Å². The van der Waals surface area contributed by atoms with Gasteiger partial charge in [-0.15, -0.1) is 0 Å². The number of ether oxygens (including phenoxy) is 1. The zero-order valence-corrected chi connectivity index (χ0v) is 23.9. The van der Waals surface area contributed by atoms with E-state index in [9.17, 15) is 4.79 Å². The predicted octanol–water partition coefficient (Wildman–Crippen LogP) is 7.04. The summed E-state index contributed by atoms with van der Waals surface area (Å²) in [5.74, 6) is 1.84. The lowest BCUT2D eigenvalue weighted by molar-refractivity contribution is 0.0995. The third-order valence-electron chi connectivity index (χ3n) is 8.06. The number of benzene rings is 1. The number of hydrogen-bond donors (Lipinski definition) is 1. The monoisotopic (exact) mass is 589 g/mol. The van der Waals surface area contributed by atoms with Crippen molar-refractivity contribution in [1.29, 1.82) is 0 Å². The van der Waals surface area contributed by atoms with E-state index in [0.717, 1.165) is 74.0 Å². The number of rotatable bonds is 8. The van der Waals surface area contributed by atoms with E-state index in [1.54, 1.807) is 18.5 Å². The van der Waals surface area contributed by atoms with Gasteiger partial charge < -0.3 is 19.9 Å². The average molecular weight is 591 g/mol. The van der Waals surface area contributed by atoms with Crippen molar-refractivity contribution in [3.8, 4) is 17.0 Å². The molecule has 2 aliphatic carbocycles. The number of nitrogens with two attached hydrogens (primary N) is 1. The fourth-order valence-corrected chi connectivity index (χ4v) is 6.02. The highest BCUT2D eigenvalue weighted by Gasteiger charge is 2.33. The fraction of sp³-hybridized carbons (Fsp3) is 0.355. The quantitative estimate of drug-likeness (QED) is 0.235. The summed E-state index contributed by atoms with van der Waals surface area (Å²) in [6.07, 6.45) is 14.1. The number of piperidine rings is 1. The molecule has 2 saturated carbocycles. The maximum Gasteiger partial charge on any atom is 0.267 e. The van der Waals surface area contributed by atoms with Gasteiger partial charge in [-0.05, 0) is 62.6 Å². The minimum absolute atomic E-state index is 0.199. The van der Waals surface area contributed by atoms with E-state index in [2.05, 4.69) is 44.3 Å². The Morgan fingerprint density at radius 3 is 2.49 bits per heavy atom. The number of hydrogen-bond acceptors (Lipinski definition) is 7. The number of fused-ring (bicyclic) bond motifs is 1. The number of aromatic nitrogens is 3. The topological polar surface area (TPSA) is 107 Å². The Balaban J connectivity index is 1.10. The first-order valence-electron chi connectivity index (χ1n) is 14.1. The molecular weight excluding hydrogens is 561 g/mol. The van der Waals surface area contributed by atoms with E-state index < -0.39 is 5.91 Å². The van der Waals surface area contributed by atoms with Crippen molar-refractivity contribution in [3.63, 3.8) is 0 Å². The maximum absolute atomic E-state index is 11.8. The molecular formula is C31H29Cl2N5O3. The molecule has 1 saturated heterocycles. The number of carbonyl (C=O) groups excluding carboxylic acids is 1. The van der Waals surface area contributed by atoms with Crippen molar-refractivity contribution < 1.29 is 14.1 Å². The molecule has 4 heterocycles. The number of halogens is 2. The molecule has 2 N–H and O–H groups in total. The van der Waals surface area contributed by atoms with Crippen LogP contribution in [0.4, 0.5) is 5.69 Å². The van der Waals surface area contributed by atoms with Crippen molar-refractivity contribution >= 4 is 51.8 Å². The van der Waals surface area contributed by atoms with Gasteiger partial charge in [-0.25, -0.2) is 4.98 Å². The number of allylic oxidation sites excluding steroid dienone is 1. The highest BCUT2D eigenvalue weighted by atomic mass is 35.5. The first-order chi connectivity index (χ1) is 19.9. The SMILES string of the molecule is NC(=O)c1cc(OC2CC2)c2cc(N3CCC(/C=C/c4c(-c5c(Cl)cncc5Cl)noc4C4CC4)CC3)ccc2n1. The lowest BCUT2D eigenvalue weighted by Gasteiger charge is -2.32. The summed E-state index contributed by atoms with van der Waals surface area (Å²) in [7, 11) is 0. The number of amides is 1. The molecule has 3 aromatic heterocycles. The fourth-order valence-electron chi connectivity index (χ4n) is 5.48. The van der Waals surface area contributed by atoms with Crippen molar-refractivity contribution in [3.05, 3.63) is 69.8 Å². The van der Waals surface area contributed by atoms with Crippen LogP contribution in [0.2, 0.25) is 10.0 Å². The lowest BCUT2D eigenvalue weighted by Crippen LogP contribution is -2.33. The zero-order chi connectivity index (χ0) is 28.1. The second kappa shape index (κ2) is 10.7. The molecule has 1 aliphatic heterocycles. The molecule has 10 heteroatoms. The summed E-state index contributed by atoms with van der Waals surface area (Å²) < 4.78 is 11.9. The second-order valence-corrected chi connectivity index (χ2v) is 11.9. The van der Waals surface area contributed by atoms with Gasteiger partial charge in [-0.3, -0.25) is 9.78 Å². The summed E-state index contributed by atoms with van der Waals surface area (Å²) in [6, 6.07) is 7.80. The van der Waals surface area contributed by atoms with Crippen LogP contribution in [0.3, 0.4) is 0 Å². The summed E-state index contributed by atoms with van der Waals surface area (Å²) >= 11 is 12.9. The van der Waals surface area contributed by atoms with Crippen LogP contribution in [0.5, 0.6) is 5.75 Å². The van der Waals surface area contributed by atoms with Crippen LogP contribution in [0.15, 0.2) is 47.3 Å². The van der Waals surface area contributed by atoms with E-state index in [1.807, 2.05) is 6.07 Å². The van der Waals surface area contributed by atoms with Gasteiger partial charge in [-0.2, -0.15) is 0 Å². The number of nitrogens with zero attached hydrogens (tertiary/aromatic N) is 4. The number of primary amides is 1. The van der Waals surface area contributed by atoms with Crippen LogP contribution in [-0.4, -0.2) is 40.2 Å². The van der Waals surface area contributed by atoms with Gasteiger partial charge >= 0.3 is 0 Å². The summed E-state index contributed by atoms with van der Waals surface area (Å²) in [5, 5.41) is 6.20. The first kappa shape index (κ1) is 26.3. The van der Waals surface area contributed by atoms with Crippen LogP contribution in [0, 0.1) is 5.92 Å². The third-order valence-corrected chi connectivity index (χ3v) is 8.63. The van der Waals surface area contributed by atoms with Crippen LogP contribution in [0.1, 0.15) is 66.3 Å². The van der Waals surface area contributed by atoms with Crippen LogP contribution >= 0.6 is 23.2 Å². The molecule has 0 radical (unpaired) electrons. The Hall–Kier alpha value is -3.62. The normalized spacial score (nSPS) is 18.0. The van der Waals surface area contributed by atoms with Gasteiger partial charge in [0.1, 0.15) is 22.9 Å². The van der Waals surface area contributed by atoms with Gasteiger partial charge in [0.05, 0.1) is 21.7 Å².